The fraction of sp³-hybridized carbons (Fsp3) is 0.294. The molecule has 2 aromatic carbocycles. The van der Waals surface area contributed by atoms with Crippen molar-refractivity contribution in [2.24, 2.45) is 0 Å². The minimum absolute atomic E-state index is 0.0926. The molecule has 1 aliphatic heterocycles. The lowest BCUT2D eigenvalue weighted by molar-refractivity contribution is 0.324. The Labute approximate surface area is 157 Å². The molecule has 0 aromatic heterocycles. The van der Waals surface area contributed by atoms with Gasteiger partial charge in [-0.2, -0.15) is 0 Å². The maximum Gasteiger partial charge on any atom is 0.244 e. The Bertz CT molecular complexity index is 860. The van der Waals surface area contributed by atoms with E-state index in [1.54, 1.807) is 0 Å². The summed E-state index contributed by atoms with van der Waals surface area (Å²) in [5, 5.41) is 10.0. The van der Waals surface area contributed by atoms with Crippen LogP contribution in [0.1, 0.15) is 12.0 Å². The van der Waals surface area contributed by atoms with Crippen molar-refractivity contribution in [1.29, 1.82) is 0 Å². The average molecular weight is 401 g/mol. The highest BCUT2D eigenvalue weighted by Crippen LogP contribution is 2.34. The first-order chi connectivity index (χ1) is 11.8. The number of hydrogen-bond donors (Lipinski definition) is 2. The van der Waals surface area contributed by atoms with Gasteiger partial charge in [0.05, 0.1) is 5.02 Å². The van der Waals surface area contributed by atoms with E-state index in [1.807, 2.05) is 30.3 Å². The van der Waals surface area contributed by atoms with Crippen LogP contribution in [0, 0.1) is 0 Å². The Balaban J connectivity index is 1.68. The predicted octanol–water partition coefficient (Wildman–Crippen LogP) is 3.25. The topological polar surface area (TPSA) is 69.6 Å². The normalized spacial score (nSPS) is 18.6. The number of sulfonamides is 1. The highest BCUT2D eigenvalue weighted by atomic mass is 35.5. The largest absolute Gasteiger partial charge is 0.505 e. The zero-order valence-corrected chi connectivity index (χ0v) is 15.7. The maximum atomic E-state index is 12.6. The molecule has 2 N–H and O–H groups in total. The molecule has 25 heavy (non-hydrogen) atoms. The molecular formula is C17H18Cl2N2O3S. The Hall–Kier alpha value is -1.31. The van der Waals surface area contributed by atoms with Crippen LogP contribution in [0.25, 0.3) is 0 Å². The maximum absolute atomic E-state index is 12.6. The lowest BCUT2D eigenvalue weighted by Crippen LogP contribution is -2.37. The summed E-state index contributed by atoms with van der Waals surface area (Å²) in [7, 11) is -3.91. The van der Waals surface area contributed by atoms with Crippen molar-refractivity contribution < 1.29 is 13.5 Å². The van der Waals surface area contributed by atoms with Crippen molar-refractivity contribution in [3.8, 4) is 5.75 Å². The molecule has 1 heterocycles. The van der Waals surface area contributed by atoms with Crippen molar-refractivity contribution >= 4 is 33.2 Å². The first-order valence-corrected chi connectivity index (χ1v) is 10.1. The average Bonchev–Trinajstić information content (AvgIpc) is 2.98. The van der Waals surface area contributed by atoms with Crippen molar-refractivity contribution in [1.82, 2.24) is 9.62 Å². The summed E-state index contributed by atoms with van der Waals surface area (Å²) in [5.41, 5.74) is 1.19. The molecule has 1 fully saturated rings. The lowest BCUT2D eigenvalue weighted by atomic mass is 10.2. The van der Waals surface area contributed by atoms with E-state index in [2.05, 4.69) is 9.62 Å². The van der Waals surface area contributed by atoms with Crippen molar-refractivity contribution in [2.75, 3.05) is 13.1 Å². The fourth-order valence-corrected chi connectivity index (χ4v) is 4.96. The number of phenolic OH excluding ortho intramolecular Hbond substituents is 1. The second-order valence-corrected chi connectivity index (χ2v) is 8.59. The van der Waals surface area contributed by atoms with E-state index in [0.29, 0.717) is 13.0 Å². The van der Waals surface area contributed by atoms with Gasteiger partial charge in [0.2, 0.25) is 10.0 Å². The molecule has 134 valence electrons. The number of nitrogens with one attached hydrogen (secondary N) is 1. The molecule has 0 bridgehead atoms. The monoisotopic (exact) mass is 400 g/mol. The molecule has 1 saturated heterocycles. The third kappa shape index (κ3) is 4.46. The van der Waals surface area contributed by atoms with Gasteiger partial charge in [0.15, 0.2) is 5.75 Å². The lowest BCUT2D eigenvalue weighted by Gasteiger charge is -2.17. The zero-order valence-electron chi connectivity index (χ0n) is 13.3. The third-order valence-electron chi connectivity index (χ3n) is 4.13. The Morgan fingerprint density at radius 1 is 1.20 bits per heavy atom. The minimum atomic E-state index is -3.91. The van der Waals surface area contributed by atoms with E-state index < -0.39 is 15.8 Å². The first-order valence-electron chi connectivity index (χ1n) is 7.82. The molecule has 0 aliphatic carbocycles. The number of rotatable bonds is 5. The highest BCUT2D eigenvalue weighted by Gasteiger charge is 2.29. The zero-order chi connectivity index (χ0) is 18.0. The molecule has 1 unspecified atom stereocenters. The van der Waals surface area contributed by atoms with Gasteiger partial charge in [-0.15, -0.1) is 0 Å². The van der Waals surface area contributed by atoms with E-state index in [0.717, 1.165) is 13.1 Å². The van der Waals surface area contributed by atoms with Crippen LogP contribution in [-0.2, 0) is 16.6 Å². The van der Waals surface area contributed by atoms with Crippen LogP contribution >= 0.6 is 23.2 Å². The summed E-state index contributed by atoms with van der Waals surface area (Å²) in [6.45, 7) is 2.17. The van der Waals surface area contributed by atoms with Crippen LogP contribution in [0.2, 0.25) is 10.0 Å². The van der Waals surface area contributed by atoms with E-state index >= 15 is 0 Å². The van der Waals surface area contributed by atoms with E-state index in [9.17, 15) is 13.5 Å². The number of hydrogen-bond acceptors (Lipinski definition) is 4. The Morgan fingerprint density at radius 3 is 2.64 bits per heavy atom. The molecule has 8 heteroatoms. The number of nitrogens with zero attached hydrogens (tertiary/aromatic N) is 1. The quantitative estimate of drug-likeness (QED) is 0.807. The number of benzene rings is 2. The van der Waals surface area contributed by atoms with Gasteiger partial charge in [-0.05, 0) is 24.1 Å². The van der Waals surface area contributed by atoms with Gasteiger partial charge in [0.25, 0.3) is 0 Å². The SMILES string of the molecule is O=S(=O)(NC1CCN(Cc2ccccc2)C1)c1cc(Cl)cc(Cl)c1O. The van der Waals surface area contributed by atoms with Crippen molar-refractivity contribution in [3.63, 3.8) is 0 Å². The molecule has 2 aromatic rings. The van der Waals surface area contributed by atoms with Gasteiger partial charge in [0, 0.05) is 30.7 Å². The fourth-order valence-electron chi connectivity index (χ4n) is 2.94. The van der Waals surface area contributed by atoms with Crippen LogP contribution in [0.15, 0.2) is 47.4 Å². The smallest absolute Gasteiger partial charge is 0.244 e. The molecular weight excluding hydrogens is 383 g/mol. The van der Waals surface area contributed by atoms with Gasteiger partial charge >= 0.3 is 0 Å². The van der Waals surface area contributed by atoms with Crippen LogP contribution in [-0.4, -0.2) is 37.6 Å². The minimum Gasteiger partial charge on any atom is -0.505 e. The number of halogens is 2. The predicted molar refractivity (Wildman–Crippen MR) is 98.6 cm³/mol. The molecule has 0 spiro atoms. The first kappa shape index (κ1) is 18.5. The second-order valence-electron chi connectivity index (χ2n) is 6.06. The molecule has 1 aliphatic rings. The van der Waals surface area contributed by atoms with Crippen LogP contribution in [0.5, 0.6) is 5.75 Å². The summed E-state index contributed by atoms with van der Waals surface area (Å²) >= 11 is 11.7. The summed E-state index contributed by atoms with van der Waals surface area (Å²) in [6.07, 6.45) is 0.696. The summed E-state index contributed by atoms with van der Waals surface area (Å²) in [6, 6.07) is 12.3. The van der Waals surface area contributed by atoms with Crippen LogP contribution < -0.4 is 4.72 Å². The standard InChI is InChI=1S/C17H18Cl2N2O3S/c18-13-8-15(19)17(22)16(9-13)25(23,24)20-14-6-7-21(11-14)10-12-4-2-1-3-5-12/h1-5,8-9,14,20,22H,6-7,10-11H2. The summed E-state index contributed by atoms with van der Waals surface area (Å²) in [5.74, 6) is -0.488. The molecule has 3 rings (SSSR count). The van der Waals surface area contributed by atoms with E-state index in [4.69, 9.17) is 23.2 Å². The molecule has 0 amide bonds. The molecule has 0 radical (unpaired) electrons. The molecule has 0 saturated carbocycles. The van der Waals surface area contributed by atoms with Crippen LogP contribution in [0.3, 0.4) is 0 Å². The van der Waals surface area contributed by atoms with Crippen molar-refractivity contribution in [2.45, 2.75) is 23.9 Å². The Kier molecular flexibility index (Phi) is 5.55. The van der Waals surface area contributed by atoms with Gasteiger partial charge in [-0.25, -0.2) is 13.1 Å². The van der Waals surface area contributed by atoms with E-state index in [-0.39, 0.29) is 21.0 Å². The van der Waals surface area contributed by atoms with E-state index in [1.165, 1.54) is 17.7 Å². The van der Waals surface area contributed by atoms with Crippen LogP contribution in [0.4, 0.5) is 0 Å². The van der Waals surface area contributed by atoms with Gasteiger partial charge in [-0.3, -0.25) is 4.90 Å². The molecule has 5 nitrogen and oxygen atoms in total. The van der Waals surface area contributed by atoms with Gasteiger partial charge in [-0.1, -0.05) is 53.5 Å². The van der Waals surface area contributed by atoms with Gasteiger partial charge in [0.1, 0.15) is 4.90 Å². The number of aromatic hydroxyl groups is 1. The Morgan fingerprint density at radius 2 is 1.92 bits per heavy atom. The molecule has 1 atom stereocenters. The third-order valence-corrected chi connectivity index (χ3v) is 6.17. The highest BCUT2D eigenvalue weighted by molar-refractivity contribution is 7.89. The number of phenols is 1. The summed E-state index contributed by atoms with van der Waals surface area (Å²) in [4.78, 5) is 1.89. The van der Waals surface area contributed by atoms with Crippen molar-refractivity contribution in [3.05, 3.63) is 58.1 Å². The number of likely N-dealkylation sites (tertiary alicyclic amines) is 1. The van der Waals surface area contributed by atoms with Gasteiger partial charge < -0.3 is 5.11 Å². The summed E-state index contributed by atoms with van der Waals surface area (Å²) < 4.78 is 27.8. The second kappa shape index (κ2) is 7.51.